The molecule has 0 unspecified atom stereocenters. The molecule has 0 radical (unpaired) electrons. The number of aliphatic hydroxyl groups is 1. The molecule has 0 aromatic rings. The average molecular weight is 218 g/mol. The van der Waals surface area contributed by atoms with Gasteiger partial charge in [0.1, 0.15) is 0 Å². The first-order chi connectivity index (χ1) is 4.09. The van der Waals surface area contributed by atoms with Gasteiger partial charge < -0.3 is 10.2 Å². The summed E-state index contributed by atoms with van der Waals surface area (Å²) in [5.41, 5.74) is 0. The van der Waals surface area contributed by atoms with Gasteiger partial charge in [0.2, 0.25) is 0 Å². The maximum Gasteiger partial charge on any atom is 0.325 e. The number of hydrogen-bond acceptors (Lipinski definition) is 3. The Morgan fingerprint density at radius 2 is 2.33 bits per heavy atom. The molecule has 9 heavy (non-hydrogen) atoms. The van der Waals surface area contributed by atoms with Crippen LogP contribution in [0.4, 0.5) is 0 Å². The highest BCUT2D eigenvalue weighted by molar-refractivity contribution is 9.08. The third-order valence-corrected chi connectivity index (χ3v) is 1.42. The van der Waals surface area contributed by atoms with Crippen LogP contribution in [0, 0.1) is 0 Å². The van der Waals surface area contributed by atoms with Crippen molar-refractivity contribution in [2.75, 3.05) is 6.61 Å². The van der Waals surface area contributed by atoms with E-state index in [2.05, 4.69) is 16.1 Å². The normalized spacial score (nSPS) is 13.8. The van der Waals surface area contributed by atoms with Crippen molar-refractivity contribution in [2.45, 2.75) is 6.04 Å². The third kappa shape index (κ3) is 3.00. The molecule has 0 spiro atoms. The van der Waals surface area contributed by atoms with Gasteiger partial charge in [-0.05, 0) is 11.8 Å². The summed E-state index contributed by atoms with van der Waals surface area (Å²) in [5, 5.41) is 16.6. The third-order valence-electron chi connectivity index (χ3n) is 0.694. The maximum absolute atomic E-state index is 10.1. The van der Waals surface area contributed by atoms with E-state index in [1.807, 2.05) is 0 Å². The second-order valence-electron chi connectivity index (χ2n) is 1.30. The van der Waals surface area contributed by atoms with Crippen LogP contribution in [0.25, 0.3) is 0 Å². The van der Waals surface area contributed by atoms with Gasteiger partial charge in [-0.25, -0.2) is 0 Å². The van der Waals surface area contributed by atoms with Crippen LogP contribution in [-0.4, -0.2) is 32.3 Å². The van der Waals surface area contributed by atoms with Gasteiger partial charge in [0.15, 0.2) is 6.04 Å². The largest absolute Gasteiger partial charge is 0.480 e. The lowest BCUT2D eigenvalue weighted by Gasteiger charge is -2.10. The summed E-state index contributed by atoms with van der Waals surface area (Å²) in [4.78, 5) is 10.1. The van der Waals surface area contributed by atoms with Crippen LogP contribution in [0.5, 0.6) is 0 Å². The zero-order valence-electron chi connectivity index (χ0n) is 4.29. The first kappa shape index (κ1) is 9.16. The molecule has 4 nitrogen and oxygen atoms in total. The van der Waals surface area contributed by atoms with Crippen molar-refractivity contribution in [3.05, 3.63) is 0 Å². The van der Waals surface area contributed by atoms with E-state index >= 15 is 0 Å². The van der Waals surface area contributed by atoms with Gasteiger partial charge in [0.25, 0.3) is 0 Å². The molecular weight excluding hydrogens is 213 g/mol. The number of hydrogen-bond donors (Lipinski definition) is 2. The topological polar surface area (TPSA) is 60.8 Å². The van der Waals surface area contributed by atoms with Crippen molar-refractivity contribution in [3.63, 3.8) is 0 Å². The lowest BCUT2D eigenvalue weighted by molar-refractivity contribution is -0.141. The highest BCUT2D eigenvalue weighted by Crippen LogP contribution is 2.08. The number of rotatable bonds is 3. The quantitative estimate of drug-likeness (QED) is 0.664. The minimum absolute atomic E-state index is 0.524. The molecule has 1 atom stereocenters. The van der Waals surface area contributed by atoms with Crippen LogP contribution < -0.4 is 0 Å². The van der Waals surface area contributed by atoms with Gasteiger partial charge >= 0.3 is 5.97 Å². The summed E-state index contributed by atoms with van der Waals surface area (Å²) in [6, 6.07) is -1.09. The molecule has 54 valence electrons. The zero-order chi connectivity index (χ0) is 7.44. The molecule has 0 aromatic carbocycles. The minimum atomic E-state index is -1.18. The minimum Gasteiger partial charge on any atom is -0.480 e. The molecule has 2 N–H and O–H groups in total. The number of nitrogens with zero attached hydrogens (tertiary/aromatic N) is 1. The van der Waals surface area contributed by atoms with Gasteiger partial charge in [0, 0.05) is 16.1 Å². The van der Waals surface area contributed by atoms with E-state index in [1.165, 1.54) is 0 Å². The van der Waals surface area contributed by atoms with Crippen molar-refractivity contribution in [1.82, 2.24) is 3.45 Å². The van der Waals surface area contributed by atoms with Crippen LogP contribution in [0.3, 0.4) is 0 Å². The van der Waals surface area contributed by atoms with E-state index in [1.54, 1.807) is 0 Å². The zero-order valence-corrected chi connectivity index (χ0v) is 6.63. The van der Waals surface area contributed by atoms with Crippen molar-refractivity contribution in [1.29, 1.82) is 0 Å². The summed E-state index contributed by atoms with van der Waals surface area (Å²) >= 11 is 7.81. The fourth-order valence-electron chi connectivity index (χ4n) is 0.223. The van der Waals surface area contributed by atoms with Gasteiger partial charge in [-0.2, -0.15) is 0 Å². The molecule has 0 amide bonds. The van der Waals surface area contributed by atoms with Crippen molar-refractivity contribution >= 4 is 33.9 Å². The predicted octanol–water partition coefficient (Wildman–Crippen LogP) is 0.198. The van der Waals surface area contributed by atoms with E-state index in [0.717, 1.165) is 3.45 Å². The summed E-state index contributed by atoms with van der Waals surface area (Å²) in [6.07, 6.45) is 0. The monoisotopic (exact) mass is 217 g/mol. The van der Waals surface area contributed by atoms with Crippen LogP contribution in [0.15, 0.2) is 0 Å². The van der Waals surface area contributed by atoms with E-state index in [-0.39, 0.29) is 0 Å². The van der Waals surface area contributed by atoms with Gasteiger partial charge in [-0.3, -0.25) is 4.79 Å². The Labute approximate surface area is 65.5 Å². The maximum atomic E-state index is 10.1. The lowest BCUT2D eigenvalue weighted by atomic mass is 10.3. The first-order valence-electron chi connectivity index (χ1n) is 2.04. The first-order valence-corrected chi connectivity index (χ1v) is 3.08. The molecule has 0 saturated heterocycles. The van der Waals surface area contributed by atoms with Gasteiger partial charge in [-0.15, -0.1) is 3.45 Å². The lowest BCUT2D eigenvalue weighted by Crippen LogP contribution is -2.32. The molecule has 6 heteroatoms. The standard InChI is InChI=1S/C3H5BrClNO3/c4-6(5)2(1-7)3(8)9/h2,7H,1H2,(H,8,9)/t2-/m0/s1. The molecule has 0 rings (SSSR count). The number of carboxylic acid groups (broad SMARTS) is 1. The van der Waals surface area contributed by atoms with Crippen molar-refractivity contribution < 1.29 is 15.0 Å². The van der Waals surface area contributed by atoms with Crippen LogP contribution in [-0.2, 0) is 4.79 Å². The Kier molecular flexibility index (Phi) is 4.12. The second-order valence-corrected chi connectivity index (χ2v) is 2.83. The fourth-order valence-corrected chi connectivity index (χ4v) is 0.673. The number of aliphatic hydroxyl groups excluding tert-OH is 1. The predicted molar refractivity (Wildman–Crippen MR) is 35.1 cm³/mol. The van der Waals surface area contributed by atoms with E-state index in [9.17, 15) is 4.79 Å². The van der Waals surface area contributed by atoms with Crippen molar-refractivity contribution in [2.24, 2.45) is 0 Å². The van der Waals surface area contributed by atoms with Crippen LogP contribution >= 0.6 is 27.9 Å². The highest BCUT2D eigenvalue weighted by Gasteiger charge is 2.20. The van der Waals surface area contributed by atoms with E-state index < -0.39 is 18.6 Å². The van der Waals surface area contributed by atoms with Crippen molar-refractivity contribution in [3.8, 4) is 0 Å². The molecule has 0 aliphatic heterocycles. The van der Waals surface area contributed by atoms with E-state index in [4.69, 9.17) is 22.0 Å². The molecule has 0 bridgehead atoms. The average Bonchev–Trinajstić information content (AvgIpc) is 1.64. The Bertz CT molecular complexity index is 109. The Hall–Kier alpha value is 0.160. The molecule has 0 aromatic heterocycles. The SMILES string of the molecule is O=C(O)[C@H](CO)N(Cl)Br. The van der Waals surface area contributed by atoms with Gasteiger partial charge in [0.05, 0.1) is 6.61 Å². The summed E-state index contributed by atoms with van der Waals surface area (Å²) in [7, 11) is 0. The Morgan fingerprint density at radius 1 is 1.89 bits per heavy atom. The van der Waals surface area contributed by atoms with Crippen LogP contribution in [0.2, 0.25) is 0 Å². The number of aliphatic carboxylic acids is 1. The molecule has 0 aliphatic rings. The number of halogens is 2. The fraction of sp³-hybridized carbons (Fsp3) is 0.667. The van der Waals surface area contributed by atoms with E-state index in [0.29, 0.717) is 0 Å². The molecule has 0 fully saturated rings. The Balaban J connectivity index is 3.83. The summed E-state index contributed by atoms with van der Waals surface area (Å²) < 4.78 is 0.731. The summed E-state index contributed by atoms with van der Waals surface area (Å²) in [6.45, 7) is -0.524. The summed E-state index contributed by atoms with van der Waals surface area (Å²) in [5.74, 6) is -1.18. The Morgan fingerprint density at radius 3 is 2.33 bits per heavy atom. The van der Waals surface area contributed by atoms with Crippen LogP contribution in [0.1, 0.15) is 0 Å². The number of carboxylic acids is 1. The number of carbonyl (C=O) groups is 1. The smallest absolute Gasteiger partial charge is 0.325 e. The molecule has 0 heterocycles. The molecule has 0 aliphatic carbocycles. The second kappa shape index (κ2) is 4.05. The molecular formula is C3H5BrClNO3. The molecule has 0 saturated carbocycles. The highest BCUT2D eigenvalue weighted by atomic mass is 79.9. The van der Waals surface area contributed by atoms with Gasteiger partial charge in [-0.1, -0.05) is 0 Å².